The summed E-state index contributed by atoms with van der Waals surface area (Å²) in [6.45, 7) is 1.05. The number of fused-ring (bicyclic) bond motifs is 1. The van der Waals surface area contributed by atoms with Crippen LogP contribution in [0, 0.1) is 12.3 Å². The van der Waals surface area contributed by atoms with Crippen LogP contribution in [0.4, 0.5) is 5.95 Å². The molecular formula is C14H15N5O6. The van der Waals surface area contributed by atoms with Crippen molar-refractivity contribution in [1.82, 2.24) is 19.1 Å². The van der Waals surface area contributed by atoms with Gasteiger partial charge in [0.2, 0.25) is 5.95 Å². The Hall–Kier alpha value is -3.10. The molecule has 0 spiro atoms. The molecule has 0 aromatic carbocycles. The molecule has 1 fully saturated rings. The highest BCUT2D eigenvalue weighted by Crippen LogP contribution is 2.37. The number of nitrogen functional groups attached to an aromatic ring is 1. The minimum Gasteiger partial charge on any atom is -0.479 e. The highest BCUT2D eigenvalue weighted by atomic mass is 16.6. The van der Waals surface area contributed by atoms with Gasteiger partial charge in [-0.2, -0.15) is 4.98 Å². The van der Waals surface area contributed by atoms with Gasteiger partial charge in [-0.3, -0.25) is 14.3 Å². The summed E-state index contributed by atoms with van der Waals surface area (Å²) in [6.07, 6.45) is 2.32. The average molecular weight is 349 g/mol. The fourth-order valence-corrected chi connectivity index (χ4v) is 2.92. The van der Waals surface area contributed by atoms with Gasteiger partial charge in [-0.05, 0) is 6.92 Å². The molecule has 3 rings (SSSR count). The van der Waals surface area contributed by atoms with Crippen molar-refractivity contribution in [2.75, 3.05) is 5.73 Å². The standard InChI is InChI=1S/C14H15N5O6/c1-3-4-18-7-8(16-12(15)17-9(7)21)19(13(18)24)10-6(20)5-14(2,25-10)11(22)23/h1,6,10,20H,4-5H2,2H3,(H,22,23)(H3,15,16,17,21)/t6-,10-,14+/m1/s1. The molecule has 1 aliphatic heterocycles. The number of nitrogens with one attached hydrogen (secondary N) is 1. The maximum Gasteiger partial charge on any atom is 0.335 e. The maximum absolute atomic E-state index is 12.7. The van der Waals surface area contributed by atoms with E-state index in [-0.39, 0.29) is 30.1 Å². The Bertz CT molecular complexity index is 1030. The number of aliphatic carboxylic acids is 1. The molecule has 0 aliphatic carbocycles. The number of imidazole rings is 1. The highest BCUT2D eigenvalue weighted by Gasteiger charge is 2.50. The van der Waals surface area contributed by atoms with Crippen LogP contribution in [-0.2, 0) is 16.1 Å². The van der Waals surface area contributed by atoms with E-state index in [0.29, 0.717) is 0 Å². The Morgan fingerprint density at radius 2 is 2.28 bits per heavy atom. The van der Waals surface area contributed by atoms with Crippen molar-refractivity contribution in [1.29, 1.82) is 0 Å². The van der Waals surface area contributed by atoms with E-state index in [1.807, 2.05) is 0 Å². The Morgan fingerprint density at radius 3 is 2.84 bits per heavy atom. The molecule has 0 radical (unpaired) electrons. The van der Waals surface area contributed by atoms with E-state index in [0.717, 1.165) is 9.13 Å². The number of H-pyrrole nitrogens is 1. The first-order chi connectivity index (χ1) is 11.7. The molecule has 0 unspecified atom stereocenters. The second kappa shape index (κ2) is 5.47. The van der Waals surface area contributed by atoms with E-state index in [4.69, 9.17) is 16.9 Å². The number of carboxylic acid groups (broad SMARTS) is 1. The van der Waals surface area contributed by atoms with E-state index in [9.17, 15) is 24.6 Å². The SMILES string of the molecule is C#CCn1c(=O)n([C@@H]2O[C@](C)(C(=O)O)C[C@H]2O)c2nc(N)[nH]c(=O)c21. The molecule has 5 N–H and O–H groups in total. The lowest BCUT2D eigenvalue weighted by atomic mass is 10.0. The van der Waals surface area contributed by atoms with E-state index < -0.39 is 35.2 Å². The van der Waals surface area contributed by atoms with Gasteiger partial charge in [0.15, 0.2) is 23.0 Å². The third kappa shape index (κ3) is 2.39. The third-order valence-electron chi connectivity index (χ3n) is 4.09. The summed E-state index contributed by atoms with van der Waals surface area (Å²) in [5.41, 5.74) is 2.08. The van der Waals surface area contributed by atoms with Crippen molar-refractivity contribution in [3.8, 4) is 12.3 Å². The second-order valence-corrected chi connectivity index (χ2v) is 5.88. The Morgan fingerprint density at radius 1 is 1.60 bits per heavy atom. The van der Waals surface area contributed by atoms with Crippen LogP contribution in [0.25, 0.3) is 11.2 Å². The van der Waals surface area contributed by atoms with Crippen LogP contribution in [0.5, 0.6) is 0 Å². The van der Waals surface area contributed by atoms with Crippen LogP contribution < -0.4 is 17.0 Å². The molecular weight excluding hydrogens is 334 g/mol. The van der Waals surface area contributed by atoms with E-state index in [2.05, 4.69) is 15.9 Å². The van der Waals surface area contributed by atoms with Crippen LogP contribution in [0.3, 0.4) is 0 Å². The zero-order valence-electron chi connectivity index (χ0n) is 13.1. The van der Waals surface area contributed by atoms with Crippen molar-refractivity contribution in [3.63, 3.8) is 0 Å². The summed E-state index contributed by atoms with van der Waals surface area (Å²) in [7, 11) is 0. The summed E-state index contributed by atoms with van der Waals surface area (Å²) < 4.78 is 7.30. The predicted molar refractivity (Wildman–Crippen MR) is 84.6 cm³/mol. The molecule has 1 saturated heterocycles. The Kier molecular flexibility index (Phi) is 3.66. The number of aromatic amines is 1. The average Bonchev–Trinajstić information content (AvgIpc) is 2.95. The summed E-state index contributed by atoms with van der Waals surface area (Å²) in [5.74, 6) is 0.705. The first-order valence-electron chi connectivity index (χ1n) is 7.23. The number of hydrogen-bond acceptors (Lipinski definition) is 7. The molecule has 2 aromatic heterocycles. The monoisotopic (exact) mass is 349 g/mol. The van der Waals surface area contributed by atoms with Gasteiger partial charge in [-0.25, -0.2) is 14.2 Å². The molecule has 132 valence electrons. The molecule has 0 amide bonds. The number of rotatable bonds is 3. The van der Waals surface area contributed by atoms with Crippen LogP contribution in [-0.4, -0.2) is 47.0 Å². The van der Waals surface area contributed by atoms with Gasteiger partial charge < -0.3 is 20.7 Å². The summed E-state index contributed by atoms with van der Waals surface area (Å²) >= 11 is 0. The summed E-state index contributed by atoms with van der Waals surface area (Å²) in [6, 6.07) is 0. The van der Waals surface area contributed by atoms with Gasteiger partial charge in [0.25, 0.3) is 5.56 Å². The number of aliphatic hydroxyl groups excluding tert-OH is 1. The topological polar surface area (TPSA) is 165 Å². The fraction of sp³-hybridized carbons (Fsp3) is 0.429. The van der Waals surface area contributed by atoms with Gasteiger partial charge in [0, 0.05) is 6.42 Å². The number of nitrogens with two attached hydrogens (primary N) is 1. The van der Waals surface area contributed by atoms with Crippen molar-refractivity contribution in [2.45, 2.75) is 37.8 Å². The Labute approximate surface area is 139 Å². The quantitative estimate of drug-likeness (QED) is 0.472. The van der Waals surface area contributed by atoms with Crippen LogP contribution in [0.2, 0.25) is 0 Å². The zero-order valence-corrected chi connectivity index (χ0v) is 13.1. The predicted octanol–water partition coefficient (Wildman–Crippen LogP) is -1.78. The molecule has 11 heteroatoms. The van der Waals surface area contributed by atoms with Crippen molar-refractivity contribution in [3.05, 3.63) is 20.8 Å². The van der Waals surface area contributed by atoms with Gasteiger partial charge in [0.1, 0.15) is 6.10 Å². The number of aromatic nitrogens is 4. The molecule has 2 aromatic rings. The van der Waals surface area contributed by atoms with Gasteiger partial charge >= 0.3 is 11.7 Å². The van der Waals surface area contributed by atoms with E-state index in [1.165, 1.54) is 6.92 Å². The van der Waals surface area contributed by atoms with Crippen LogP contribution in [0.15, 0.2) is 9.59 Å². The smallest absolute Gasteiger partial charge is 0.335 e. The van der Waals surface area contributed by atoms with Gasteiger partial charge in [0.05, 0.1) is 6.54 Å². The maximum atomic E-state index is 12.7. The van der Waals surface area contributed by atoms with Crippen molar-refractivity contribution in [2.24, 2.45) is 0 Å². The molecule has 0 saturated carbocycles. The number of ether oxygens (including phenoxy) is 1. The first kappa shape index (κ1) is 16.7. The number of terminal acetylenes is 1. The largest absolute Gasteiger partial charge is 0.479 e. The van der Waals surface area contributed by atoms with Gasteiger partial charge in [-0.1, -0.05) is 5.92 Å². The van der Waals surface area contributed by atoms with Crippen molar-refractivity contribution >= 4 is 23.1 Å². The van der Waals surface area contributed by atoms with E-state index in [1.54, 1.807) is 0 Å². The number of carbonyl (C=O) groups is 1. The Balaban J connectivity index is 2.29. The number of nitrogens with zero attached hydrogens (tertiary/aromatic N) is 3. The van der Waals surface area contributed by atoms with Crippen molar-refractivity contribution < 1.29 is 19.7 Å². The summed E-state index contributed by atoms with van der Waals surface area (Å²) in [5, 5.41) is 19.5. The molecule has 25 heavy (non-hydrogen) atoms. The molecule has 3 atom stereocenters. The molecule has 11 nitrogen and oxygen atoms in total. The number of hydrogen-bond donors (Lipinski definition) is 4. The molecule has 1 aliphatic rings. The second-order valence-electron chi connectivity index (χ2n) is 5.88. The lowest BCUT2D eigenvalue weighted by molar-refractivity contribution is -0.166. The minimum absolute atomic E-state index is 0.142. The highest BCUT2D eigenvalue weighted by molar-refractivity contribution is 5.77. The normalized spacial score (nSPS) is 26.0. The lowest BCUT2D eigenvalue weighted by Crippen LogP contribution is -2.36. The van der Waals surface area contributed by atoms with E-state index >= 15 is 0 Å². The van der Waals surface area contributed by atoms with Crippen LogP contribution in [0.1, 0.15) is 19.6 Å². The third-order valence-corrected chi connectivity index (χ3v) is 4.09. The van der Waals surface area contributed by atoms with Crippen LogP contribution >= 0.6 is 0 Å². The lowest BCUT2D eigenvalue weighted by Gasteiger charge is -2.19. The fourth-order valence-electron chi connectivity index (χ4n) is 2.92. The van der Waals surface area contributed by atoms with Gasteiger partial charge in [-0.15, -0.1) is 6.42 Å². The number of carboxylic acids is 1. The zero-order chi connectivity index (χ0) is 18.5. The first-order valence-corrected chi connectivity index (χ1v) is 7.23. The number of aliphatic hydroxyl groups is 1. The minimum atomic E-state index is -1.70. The number of anilines is 1. The molecule has 0 bridgehead atoms. The molecule has 3 heterocycles. The summed E-state index contributed by atoms with van der Waals surface area (Å²) in [4.78, 5) is 42.4.